The van der Waals surface area contributed by atoms with Crippen LogP contribution in [0.2, 0.25) is 0 Å². The average molecular weight is 274 g/mol. The zero-order valence-electron chi connectivity index (χ0n) is 8.45. The SMILES string of the molecule is CC.N=C(Br)c1cc([N+](=O)[O-])ccc1N. The van der Waals surface area contributed by atoms with Crippen molar-refractivity contribution < 1.29 is 4.92 Å². The Labute approximate surface area is 96.1 Å². The fraction of sp³-hybridized carbons (Fsp3) is 0.222. The van der Waals surface area contributed by atoms with E-state index in [0.29, 0.717) is 11.3 Å². The molecule has 0 amide bonds. The van der Waals surface area contributed by atoms with Crippen LogP contribution in [0.5, 0.6) is 0 Å². The number of hydrogen-bond acceptors (Lipinski definition) is 4. The van der Waals surface area contributed by atoms with Crippen molar-refractivity contribution >= 4 is 31.9 Å². The first-order valence-electron chi connectivity index (χ1n) is 4.30. The Morgan fingerprint density at radius 2 is 2.07 bits per heavy atom. The van der Waals surface area contributed by atoms with E-state index in [2.05, 4.69) is 15.9 Å². The van der Waals surface area contributed by atoms with Crippen LogP contribution in [0.25, 0.3) is 0 Å². The zero-order valence-corrected chi connectivity index (χ0v) is 10.0. The Morgan fingerprint density at radius 1 is 1.53 bits per heavy atom. The first kappa shape index (κ1) is 13.6. The third kappa shape index (κ3) is 3.67. The molecule has 0 radical (unpaired) electrons. The number of nitro groups is 1. The number of nitrogens with two attached hydrogens (primary N) is 1. The maximum Gasteiger partial charge on any atom is 0.270 e. The molecule has 0 unspecified atom stereocenters. The molecule has 0 fully saturated rings. The molecule has 1 aromatic carbocycles. The third-order valence-corrected chi connectivity index (χ3v) is 1.91. The molecule has 0 saturated heterocycles. The van der Waals surface area contributed by atoms with Crippen molar-refractivity contribution in [1.29, 1.82) is 5.41 Å². The highest BCUT2D eigenvalue weighted by Gasteiger charge is 2.10. The van der Waals surface area contributed by atoms with Crippen molar-refractivity contribution in [2.75, 3.05) is 5.73 Å². The van der Waals surface area contributed by atoms with Crippen LogP contribution in [-0.2, 0) is 0 Å². The molecule has 0 atom stereocenters. The van der Waals surface area contributed by atoms with Crippen LogP contribution >= 0.6 is 15.9 Å². The molecule has 0 aliphatic rings. The second-order valence-electron chi connectivity index (χ2n) is 2.34. The number of halogens is 1. The third-order valence-electron chi connectivity index (χ3n) is 1.48. The fourth-order valence-electron chi connectivity index (χ4n) is 0.848. The van der Waals surface area contributed by atoms with E-state index in [0.717, 1.165) is 0 Å². The summed E-state index contributed by atoms with van der Waals surface area (Å²) in [6.07, 6.45) is 0. The van der Waals surface area contributed by atoms with Gasteiger partial charge in [0.15, 0.2) is 0 Å². The van der Waals surface area contributed by atoms with Gasteiger partial charge in [0, 0.05) is 23.4 Å². The zero-order chi connectivity index (χ0) is 12.0. The number of rotatable bonds is 2. The van der Waals surface area contributed by atoms with E-state index in [4.69, 9.17) is 11.1 Å². The predicted molar refractivity (Wildman–Crippen MR) is 64.6 cm³/mol. The molecule has 0 saturated carbocycles. The van der Waals surface area contributed by atoms with E-state index in [-0.39, 0.29) is 10.3 Å². The molecular weight excluding hydrogens is 262 g/mol. The van der Waals surface area contributed by atoms with Gasteiger partial charge in [-0.2, -0.15) is 0 Å². The highest BCUT2D eigenvalue weighted by atomic mass is 79.9. The first-order valence-corrected chi connectivity index (χ1v) is 5.10. The monoisotopic (exact) mass is 273 g/mol. The minimum absolute atomic E-state index is 0.0358. The van der Waals surface area contributed by atoms with Crippen LogP contribution in [0.3, 0.4) is 0 Å². The molecule has 0 spiro atoms. The Kier molecular flexibility index (Phi) is 5.54. The lowest BCUT2D eigenvalue weighted by atomic mass is 10.2. The number of nitro benzene ring substituents is 1. The molecular formula is C9H12BrN3O2. The molecule has 1 rings (SSSR count). The lowest BCUT2D eigenvalue weighted by molar-refractivity contribution is -0.384. The molecule has 5 nitrogen and oxygen atoms in total. The standard InChI is InChI=1S/C7H6BrN3O2.C2H6/c8-7(10)5-3-4(11(12)13)1-2-6(5)9;1-2/h1-3,10H,9H2;1-2H3. The molecule has 6 heteroatoms. The maximum atomic E-state index is 10.4. The van der Waals surface area contributed by atoms with Gasteiger partial charge in [0.25, 0.3) is 5.69 Å². The van der Waals surface area contributed by atoms with Gasteiger partial charge in [0.1, 0.15) is 4.62 Å². The van der Waals surface area contributed by atoms with Crippen molar-refractivity contribution in [1.82, 2.24) is 0 Å². The Bertz CT molecular complexity index is 380. The Balaban J connectivity index is 0.000000921. The highest BCUT2D eigenvalue weighted by Crippen LogP contribution is 2.21. The number of nitrogen functional groups attached to an aromatic ring is 1. The smallest absolute Gasteiger partial charge is 0.270 e. The van der Waals surface area contributed by atoms with E-state index in [9.17, 15) is 10.1 Å². The summed E-state index contributed by atoms with van der Waals surface area (Å²) < 4.78 is 0.0358. The number of nitrogens with one attached hydrogen (secondary N) is 1. The summed E-state index contributed by atoms with van der Waals surface area (Å²) in [6, 6.07) is 3.96. The minimum Gasteiger partial charge on any atom is -0.398 e. The number of nitrogens with zero attached hydrogens (tertiary/aromatic N) is 1. The van der Waals surface area contributed by atoms with Crippen molar-refractivity contribution in [2.45, 2.75) is 13.8 Å². The van der Waals surface area contributed by atoms with E-state index in [1.807, 2.05) is 13.8 Å². The molecule has 0 aliphatic carbocycles. The van der Waals surface area contributed by atoms with Crippen LogP contribution in [0.4, 0.5) is 11.4 Å². The molecule has 82 valence electrons. The summed E-state index contributed by atoms with van der Waals surface area (Å²) in [7, 11) is 0. The minimum atomic E-state index is -0.529. The summed E-state index contributed by atoms with van der Waals surface area (Å²) in [5.74, 6) is 0. The Hall–Kier alpha value is -1.43. The van der Waals surface area contributed by atoms with Crippen LogP contribution in [0, 0.1) is 15.5 Å². The Morgan fingerprint density at radius 3 is 2.47 bits per heavy atom. The first-order chi connectivity index (χ1) is 7.02. The molecule has 0 aliphatic heterocycles. The van der Waals surface area contributed by atoms with Gasteiger partial charge >= 0.3 is 0 Å². The van der Waals surface area contributed by atoms with Gasteiger partial charge in [-0.15, -0.1) is 0 Å². The molecule has 15 heavy (non-hydrogen) atoms. The summed E-state index contributed by atoms with van der Waals surface area (Å²) in [6.45, 7) is 4.00. The highest BCUT2D eigenvalue weighted by molar-refractivity contribution is 9.18. The summed E-state index contributed by atoms with van der Waals surface area (Å²) in [5, 5.41) is 17.6. The molecule has 0 aromatic heterocycles. The van der Waals surface area contributed by atoms with Crippen LogP contribution in [0.1, 0.15) is 19.4 Å². The second kappa shape index (κ2) is 6.13. The van der Waals surface area contributed by atoms with Crippen LogP contribution in [0.15, 0.2) is 18.2 Å². The van der Waals surface area contributed by atoms with Gasteiger partial charge in [0.2, 0.25) is 0 Å². The van der Waals surface area contributed by atoms with Gasteiger partial charge in [-0.1, -0.05) is 13.8 Å². The summed E-state index contributed by atoms with van der Waals surface area (Å²) in [4.78, 5) is 9.84. The lowest BCUT2D eigenvalue weighted by Crippen LogP contribution is -1.98. The molecule has 0 bridgehead atoms. The lowest BCUT2D eigenvalue weighted by Gasteiger charge is -2.00. The van der Waals surface area contributed by atoms with E-state index in [1.165, 1.54) is 18.2 Å². The normalized spacial score (nSPS) is 8.73. The van der Waals surface area contributed by atoms with Gasteiger partial charge < -0.3 is 5.73 Å². The van der Waals surface area contributed by atoms with Crippen molar-refractivity contribution in [3.63, 3.8) is 0 Å². The van der Waals surface area contributed by atoms with E-state index in [1.54, 1.807) is 0 Å². The quantitative estimate of drug-likeness (QED) is 0.376. The summed E-state index contributed by atoms with van der Waals surface area (Å²) >= 11 is 2.90. The number of benzene rings is 1. The van der Waals surface area contributed by atoms with Crippen molar-refractivity contribution in [2.24, 2.45) is 0 Å². The van der Waals surface area contributed by atoms with E-state index >= 15 is 0 Å². The van der Waals surface area contributed by atoms with Gasteiger partial charge in [-0.25, -0.2) is 0 Å². The molecule has 3 N–H and O–H groups in total. The van der Waals surface area contributed by atoms with E-state index < -0.39 is 4.92 Å². The van der Waals surface area contributed by atoms with Gasteiger partial charge in [-0.3, -0.25) is 15.5 Å². The van der Waals surface area contributed by atoms with Crippen LogP contribution in [-0.4, -0.2) is 9.54 Å². The average Bonchev–Trinajstić information content (AvgIpc) is 2.20. The second-order valence-corrected chi connectivity index (χ2v) is 3.14. The van der Waals surface area contributed by atoms with Crippen molar-refractivity contribution in [3.05, 3.63) is 33.9 Å². The predicted octanol–water partition coefficient (Wildman–Crippen LogP) is 2.92. The summed E-state index contributed by atoms with van der Waals surface area (Å²) in [5.41, 5.74) is 6.09. The topological polar surface area (TPSA) is 93.0 Å². The van der Waals surface area contributed by atoms with Gasteiger partial charge in [0.05, 0.1) is 4.92 Å². The largest absolute Gasteiger partial charge is 0.398 e. The van der Waals surface area contributed by atoms with Crippen molar-refractivity contribution in [3.8, 4) is 0 Å². The molecule has 0 heterocycles. The fourth-order valence-corrected chi connectivity index (χ4v) is 1.19. The van der Waals surface area contributed by atoms with Gasteiger partial charge in [-0.05, 0) is 22.0 Å². The number of non-ortho nitro benzene ring substituents is 1. The number of anilines is 1. The maximum absolute atomic E-state index is 10.4. The molecule has 1 aromatic rings. The van der Waals surface area contributed by atoms with Crippen LogP contribution < -0.4 is 5.73 Å². The number of hydrogen-bond donors (Lipinski definition) is 2.